The molecule has 0 aliphatic carbocycles. The van der Waals surface area contributed by atoms with Gasteiger partial charge in [0.05, 0.1) is 21.2 Å². The van der Waals surface area contributed by atoms with E-state index < -0.39 is 20.7 Å². The number of carbonyl (C=O) groups is 1. The summed E-state index contributed by atoms with van der Waals surface area (Å²) in [6.45, 7) is 0. The molecule has 0 atom stereocenters. The lowest BCUT2D eigenvalue weighted by Crippen LogP contribution is -2.10. The van der Waals surface area contributed by atoms with E-state index >= 15 is 0 Å². The number of non-ortho nitro benzene ring substituents is 1. The molecule has 2 aromatic rings. The molecular weight excluding hydrogens is 392 g/mol. The minimum Gasteiger partial charge on any atom is -0.481 e. The monoisotopic (exact) mass is 402 g/mol. The largest absolute Gasteiger partial charge is 0.481 e. The summed E-state index contributed by atoms with van der Waals surface area (Å²) in [7, 11) is -3.98. The number of aliphatic carboxylic acids is 1. The Labute approximate surface area is 150 Å². The molecule has 0 bridgehead atoms. The molecule has 1 aromatic carbocycles. The van der Waals surface area contributed by atoms with Crippen molar-refractivity contribution in [3.63, 3.8) is 0 Å². The van der Waals surface area contributed by atoms with Crippen LogP contribution in [0.25, 0.3) is 0 Å². The fourth-order valence-corrected chi connectivity index (χ4v) is 4.19. The van der Waals surface area contributed by atoms with Gasteiger partial charge in [-0.1, -0.05) is 23.6 Å². The van der Waals surface area contributed by atoms with Crippen LogP contribution in [0.5, 0.6) is 0 Å². The number of nitrogens with zero attached hydrogens (tertiary/aromatic N) is 3. The normalized spacial score (nSPS) is 11.0. The maximum atomic E-state index is 12.4. The van der Waals surface area contributed by atoms with Crippen LogP contribution in [0.15, 0.2) is 33.5 Å². The quantitative estimate of drug-likeness (QED) is 0.399. The minimum absolute atomic E-state index is 0.0781. The second kappa shape index (κ2) is 7.58. The molecule has 0 unspecified atom stereocenters. The summed E-state index contributed by atoms with van der Waals surface area (Å²) in [5, 5.41) is 29.2. The zero-order valence-electron chi connectivity index (χ0n) is 12.3. The molecule has 25 heavy (non-hydrogen) atoms. The van der Waals surface area contributed by atoms with Gasteiger partial charge in [-0.05, 0) is 12.1 Å². The molecule has 0 spiro atoms. The van der Waals surface area contributed by atoms with Gasteiger partial charge in [-0.2, -0.15) is 0 Å². The van der Waals surface area contributed by atoms with Crippen LogP contribution in [-0.4, -0.2) is 39.6 Å². The Hall–Kier alpha value is -2.51. The molecule has 2 rings (SSSR count). The molecule has 1 heterocycles. The predicted octanol–water partition coefficient (Wildman–Crippen LogP) is 1.88. The second-order valence-electron chi connectivity index (χ2n) is 4.57. The Morgan fingerprint density at radius 3 is 2.48 bits per heavy atom. The van der Waals surface area contributed by atoms with Gasteiger partial charge in [0.2, 0.25) is 19.3 Å². The van der Waals surface area contributed by atoms with Crippen molar-refractivity contribution in [2.45, 2.75) is 22.1 Å². The van der Waals surface area contributed by atoms with Crippen LogP contribution < -0.4 is 5.32 Å². The van der Waals surface area contributed by atoms with Crippen LogP contribution in [0.4, 0.5) is 10.8 Å². The maximum Gasteiger partial charge on any atom is 0.303 e. The average Bonchev–Trinajstić information content (AvgIpc) is 3.02. The van der Waals surface area contributed by atoms with Crippen molar-refractivity contribution < 1.29 is 23.2 Å². The van der Waals surface area contributed by atoms with Crippen molar-refractivity contribution >= 4 is 55.2 Å². The van der Waals surface area contributed by atoms with Crippen LogP contribution in [-0.2, 0) is 14.6 Å². The number of hydrogen-bond donors (Lipinski definition) is 2. The molecule has 0 amide bonds. The molecule has 2 N–H and O–H groups in total. The summed E-state index contributed by atoms with van der Waals surface area (Å²) < 4.78 is 24.5. The molecule has 1 aromatic heterocycles. The highest BCUT2D eigenvalue weighted by Crippen LogP contribution is 2.27. The Balaban J connectivity index is 2.15. The van der Waals surface area contributed by atoms with E-state index in [1.54, 1.807) is 0 Å². The molecule has 0 saturated carbocycles. The number of nitro benzene ring substituents is 1. The van der Waals surface area contributed by atoms with Crippen LogP contribution in [0.2, 0.25) is 0 Å². The van der Waals surface area contributed by atoms with Crippen molar-refractivity contribution in [2.75, 3.05) is 5.32 Å². The van der Waals surface area contributed by atoms with Crippen molar-refractivity contribution in [1.29, 1.82) is 0 Å². The summed E-state index contributed by atoms with van der Waals surface area (Å²) in [5.74, 6) is -1.01. The van der Waals surface area contributed by atoms with Crippen molar-refractivity contribution in [2.24, 2.45) is 0 Å². The Morgan fingerprint density at radius 1 is 1.28 bits per heavy atom. The highest BCUT2D eigenvalue weighted by molar-refractivity contribution is 7.93. The van der Waals surface area contributed by atoms with Crippen LogP contribution in [0, 0.1) is 10.1 Å². The third kappa shape index (κ3) is 4.74. The molecule has 13 heteroatoms. The molecular formula is C12H10N4O6S3. The van der Waals surface area contributed by atoms with Gasteiger partial charge in [0.15, 0.2) is 0 Å². The van der Waals surface area contributed by atoms with E-state index in [-0.39, 0.29) is 37.9 Å². The second-order valence-corrected chi connectivity index (χ2v) is 8.16. The van der Waals surface area contributed by atoms with E-state index in [2.05, 4.69) is 15.5 Å². The third-order valence-corrected chi connectivity index (χ3v) is 6.09. The highest BCUT2D eigenvalue weighted by Gasteiger charge is 2.24. The molecule has 0 aliphatic rings. The first-order valence-electron chi connectivity index (χ1n) is 6.55. The first-order chi connectivity index (χ1) is 11.7. The van der Waals surface area contributed by atoms with E-state index in [9.17, 15) is 23.3 Å². The first-order valence-corrected chi connectivity index (χ1v) is 9.25. The Bertz CT molecular complexity index is 923. The minimum atomic E-state index is -3.98. The van der Waals surface area contributed by atoms with E-state index in [1.807, 2.05) is 0 Å². The van der Waals surface area contributed by atoms with Crippen molar-refractivity contribution in [3.8, 4) is 0 Å². The van der Waals surface area contributed by atoms with Crippen LogP contribution in [0.3, 0.4) is 0 Å². The van der Waals surface area contributed by atoms with Gasteiger partial charge in [-0.25, -0.2) is 8.42 Å². The summed E-state index contributed by atoms with van der Waals surface area (Å²) in [4.78, 5) is 20.5. The summed E-state index contributed by atoms with van der Waals surface area (Å²) in [6, 6.07) is 4.38. The first kappa shape index (κ1) is 18.8. The molecule has 0 fully saturated rings. The van der Waals surface area contributed by atoms with Gasteiger partial charge >= 0.3 is 5.97 Å². The van der Waals surface area contributed by atoms with Gasteiger partial charge in [-0.15, -0.1) is 10.2 Å². The summed E-state index contributed by atoms with van der Waals surface area (Å²) in [5.41, 5.74) is -0.234. The van der Waals surface area contributed by atoms with E-state index in [1.165, 1.54) is 0 Å². The number of anilines is 1. The topological polar surface area (TPSA) is 152 Å². The number of carboxylic acids is 1. The SMILES string of the molecule is O=C(O)CCC(=S)Nc1nnc(S(=O)(=O)c2ccc([N+](=O)[O-])cc2)s1. The Morgan fingerprint density at radius 2 is 1.92 bits per heavy atom. The number of hydrogen-bond acceptors (Lipinski definition) is 9. The molecule has 0 saturated heterocycles. The number of benzene rings is 1. The number of rotatable bonds is 7. The predicted molar refractivity (Wildman–Crippen MR) is 91.5 cm³/mol. The molecule has 0 aliphatic heterocycles. The van der Waals surface area contributed by atoms with Crippen LogP contribution in [0.1, 0.15) is 12.8 Å². The van der Waals surface area contributed by atoms with Crippen molar-refractivity contribution in [3.05, 3.63) is 34.4 Å². The van der Waals surface area contributed by atoms with Gasteiger partial charge in [0, 0.05) is 18.6 Å². The standard InChI is InChI=1S/C12H10N4O6S3/c17-10(18)6-5-9(23)13-11-14-15-12(24-11)25(21,22)8-3-1-7(2-4-8)16(19)20/h1-4H,5-6H2,(H,17,18)(H,13,14,23). The lowest BCUT2D eigenvalue weighted by atomic mass is 10.3. The number of aromatic nitrogens is 2. The summed E-state index contributed by atoms with van der Waals surface area (Å²) >= 11 is 5.66. The van der Waals surface area contributed by atoms with Gasteiger partial charge < -0.3 is 10.4 Å². The van der Waals surface area contributed by atoms with Gasteiger partial charge in [-0.3, -0.25) is 14.9 Å². The number of carboxylic acid groups (broad SMARTS) is 1. The smallest absolute Gasteiger partial charge is 0.303 e. The van der Waals surface area contributed by atoms with Gasteiger partial charge in [0.25, 0.3) is 5.69 Å². The molecule has 10 nitrogen and oxygen atoms in total. The zero-order chi connectivity index (χ0) is 18.6. The zero-order valence-corrected chi connectivity index (χ0v) is 14.7. The third-order valence-electron chi connectivity index (χ3n) is 2.81. The number of thiocarbonyl (C=S) groups is 1. The number of sulfone groups is 1. The van der Waals surface area contributed by atoms with Crippen LogP contribution >= 0.6 is 23.6 Å². The average molecular weight is 402 g/mol. The number of nitrogens with one attached hydrogen (secondary N) is 1. The molecule has 0 radical (unpaired) electrons. The van der Waals surface area contributed by atoms with E-state index in [4.69, 9.17) is 17.3 Å². The molecule has 132 valence electrons. The highest BCUT2D eigenvalue weighted by atomic mass is 32.2. The van der Waals surface area contributed by atoms with Crippen molar-refractivity contribution in [1.82, 2.24) is 10.2 Å². The lowest BCUT2D eigenvalue weighted by Gasteiger charge is -2.01. The fourth-order valence-electron chi connectivity index (χ4n) is 1.62. The summed E-state index contributed by atoms with van der Waals surface area (Å²) in [6.07, 6.45) is -0.0900. The number of nitro groups is 1. The van der Waals surface area contributed by atoms with E-state index in [0.29, 0.717) is 0 Å². The fraction of sp³-hybridized carbons (Fsp3) is 0.167. The maximum absolute atomic E-state index is 12.4. The van der Waals surface area contributed by atoms with E-state index in [0.717, 1.165) is 35.6 Å². The van der Waals surface area contributed by atoms with Gasteiger partial charge in [0.1, 0.15) is 0 Å². The lowest BCUT2D eigenvalue weighted by molar-refractivity contribution is -0.384. The Kier molecular flexibility index (Phi) is 5.71.